The predicted octanol–water partition coefficient (Wildman–Crippen LogP) is -1.79. The quantitative estimate of drug-likeness (QED) is 0.333. The Balaban J connectivity index is 0.00000169. The Morgan fingerprint density at radius 3 is 2.43 bits per heavy atom. The van der Waals surface area contributed by atoms with Crippen molar-refractivity contribution in [3.8, 4) is 0 Å². The van der Waals surface area contributed by atoms with Gasteiger partial charge in [-0.1, -0.05) is 11.6 Å². The second-order valence-electron chi connectivity index (χ2n) is 3.86. The average Bonchev–Trinajstić information content (AvgIpc) is 2.08. The van der Waals surface area contributed by atoms with Crippen molar-refractivity contribution in [3.05, 3.63) is 22.4 Å². The lowest BCUT2D eigenvalue weighted by molar-refractivity contribution is -0.881. The summed E-state index contributed by atoms with van der Waals surface area (Å²) in [5.41, 5.74) is 1.18. The van der Waals surface area contributed by atoms with Gasteiger partial charge in [-0.2, -0.15) is 0 Å². The van der Waals surface area contributed by atoms with Crippen LogP contribution in [0.1, 0.15) is 0 Å². The standard InChI is InChI=1S/C9H12ClNO2.ClH/c1-11(2)3-7(5-12)9(10)8(4-11)6-13;/h5-6H,3-4H2,1-2H3;1H. The molecule has 3 nitrogen and oxygen atoms in total. The molecule has 0 aromatic rings. The van der Waals surface area contributed by atoms with Crippen molar-refractivity contribution >= 4 is 17.9 Å². The van der Waals surface area contributed by atoms with Crippen molar-refractivity contribution in [1.82, 2.24) is 0 Å². The lowest BCUT2D eigenvalue weighted by Crippen LogP contribution is -3.00. The molecule has 0 unspecified atom stereocenters. The van der Waals surface area contributed by atoms with E-state index in [0.717, 1.165) is 12.5 Å². The number of quaternary nitrogens is 1. The first-order chi connectivity index (χ1) is 6.00. The normalized spacial score (nSPS) is 23.2. The number of halogens is 2. The minimum absolute atomic E-state index is 0. The van der Waals surface area contributed by atoms with Gasteiger partial charge in [-0.05, 0) is 0 Å². The Labute approximate surface area is 94.7 Å². The number of aliphatic hydroxyl groups excluding tert-OH is 1. The number of carbonyl (C=O) groups excluding carboxylic acids is 1. The molecule has 1 aliphatic rings. The average molecular weight is 238 g/mol. The van der Waals surface area contributed by atoms with E-state index in [1.165, 1.54) is 0 Å². The van der Waals surface area contributed by atoms with Gasteiger partial charge in [0, 0.05) is 0 Å². The van der Waals surface area contributed by atoms with E-state index in [9.17, 15) is 4.79 Å². The first kappa shape index (κ1) is 13.5. The Morgan fingerprint density at radius 2 is 2.00 bits per heavy atom. The molecule has 0 spiro atoms. The molecule has 0 aromatic carbocycles. The number of likely N-dealkylation sites (N-methyl/N-ethyl adjacent to an activating group) is 1. The fourth-order valence-corrected chi connectivity index (χ4v) is 1.72. The fourth-order valence-electron chi connectivity index (χ4n) is 1.51. The first-order valence-corrected chi connectivity index (χ1v) is 4.37. The van der Waals surface area contributed by atoms with Crippen LogP contribution in [0.3, 0.4) is 0 Å². The summed E-state index contributed by atoms with van der Waals surface area (Å²) in [6.07, 6.45) is 1.73. The maximum Gasteiger partial charge on any atom is 0.153 e. The van der Waals surface area contributed by atoms with Crippen LogP contribution in [0.25, 0.3) is 0 Å². The summed E-state index contributed by atoms with van der Waals surface area (Å²) in [6.45, 7) is 1.26. The van der Waals surface area contributed by atoms with Crippen molar-refractivity contribution in [1.29, 1.82) is 0 Å². The molecule has 0 bridgehead atoms. The van der Waals surface area contributed by atoms with Crippen LogP contribution in [0.4, 0.5) is 0 Å². The van der Waals surface area contributed by atoms with Gasteiger partial charge < -0.3 is 22.0 Å². The maximum atomic E-state index is 10.7. The molecule has 0 amide bonds. The van der Waals surface area contributed by atoms with Gasteiger partial charge in [0.05, 0.1) is 36.5 Å². The molecule has 5 heteroatoms. The van der Waals surface area contributed by atoms with E-state index < -0.39 is 0 Å². The van der Waals surface area contributed by atoms with Crippen LogP contribution in [-0.2, 0) is 4.79 Å². The molecule has 14 heavy (non-hydrogen) atoms. The monoisotopic (exact) mass is 237 g/mol. The third-order valence-electron chi connectivity index (χ3n) is 2.06. The number of carbonyl (C=O) groups is 1. The van der Waals surface area contributed by atoms with Crippen LogP contribution < -0.4 is 12.4 Å². The lowest BCUT2D eigenvalue weighted by atomic mass is 10.1. The number of rotatable bonds is 1. The van der Waals surface area contributed by atoms with Gasteiger partial charge in [-0.25, -0.2) is 0 Å². The van der Waals surface area contributed by atoms with Gasteiger partial charge in [0.25, 0.3) is 0 Å². The van der Waals surface area contributed by atoms with Crippen LogP contribution in [0.15, 0.2) is 22.4 Å². The molecule has 0 radical (unpaired) electrons. The minimum atomic E-state index is 0. The van der Waals surface area contributed by atoms with E-state index in [-0.39, 0.29) is 12.4 Å². The zero-order valence-electron chi connectivity index (χ0n) is 8.13. The Morgan fingerprint density at radius 1 is 1.43 bits per heavy atom. The molecule has 80 valence electrons. The number of aliphatic hydroxyl groups is 1. The van der Waals surface area contributed by atoms with E-state index >= 15 is 0 Å². The van der Waals surface area contributed by atoms with Crippen molar-refractivity contribution in [3.63, 3.8) is 0 Å². The summed E-state index contributed by atoms with van der Waals surface area (Å²) in [4.78, 5) is 10.7. The molecular weight excluding hydrogens is 225 g/mol. The Bertz CT molecular complexity index is 295. The summed E-state index contributed by atoms with van der Waals surface area (Å²) in [5.74, 6) is 0. The number of aldehydes is 1. The van der Waals surface area contributed by atoms with Crippen molar-refractivity contribution in [2.24, 2.45) is 0 Å². The smallest absolute Gasteiger partial charge is 0.153 e. The van der Waals surface area contributed by atoms with Crippen LogP contribution in [0, 0.1) is 0 Å². The topological polar surface area (TPSA) is 37.3 Å². The van der Waals surface area contributed by atoms with Gasteiger partial charge >= 0.3 is 0 Å². The second-order valence-corrected chi connectivity index (χ2v) is 4.24. The van der Waals surface area contributed by atoms with Gasteiger partial charge in [-0.15, -0.1) is 0 Å². The summed E-state index contributed by atoms with van der Waals surface area (Å²) in [7, 11) is 3.96. The highest BCUT2D eigenvalue weighted by atomic mass is 35.5. The van der Waals surface area contributed by atoms with Gasteiger partial charge in [0.2, 0.25) is 0 Å². The molecule has 1 aliphatic heterocycles. The van der Waals surface area contributed by atoms with E-state index in [1.807, 2.05) is 14.1 Å². The van der Waals surface area contributed by atoms with Crippen molar-refractivity contribution in [2.45, 2.75) is 0 Å². The number of hydrogen-bond acceptors (Lipinski definition) is 2. The summed E-state index contributed by atoms with van der Waals surface area (Å²) in [5, 5.41) is 9.30. The molecular formula is C9H13Cl2NO2. The molecule has 0 saturated heterocycles. The zero-order valence-corrected chi connectivity index (χ0v) is 9.64. The molecule has 0 atom stereocenters. The Hall–Kier alpha value is -0.510. The van der Waals surface area contributed by atoms with Crippen LogP contribution in [-0.4, -0.2) is 43.1 Å². The molecule has 1 rings (SSSR count). The Kier molecular flexibility index (Phi) is 4.65. The van der Waals surface area contributed by atoms with E-state index in [4.69, 9.17) is 16.7 Å². The lowest BCUT2D eigenvalue weighted by Gasteiger charge is -2.34. The minimum Gasteiger partial charge on any atom is -1.00 e. The highest BCUT2D eigenvalue weighted by Gasteiger charge is 2.29. The molecule has 1 N–H and O–H groups in total. The third kappa shape index (κ3) is 2.74. The van der Waals surface area contributed by atoms with E-state index in [2.05, 4.69) is 0 Å². The fraction of sp³-hybridized carbons (Fsp3) is 0.444. The molecule has 0 fully saturated rings. The van der Waals surface area contributed by atoms with E-state index in [0.29, 0.717) is 33.8 Å². The molecule has 0 aromatic heterocycles. The van der Waals surface area contributed by atoms with E-state index in [1.54, 1.807) is 0 Å². The van der Waals surface area contributed by atoms with Crippen LogP contribution in [0.2, 0.25) is 0 Å². The van der Waals surface area contributed by atoms with Crippen LogP contribution in [0.5, 0.6) is 0 Å². The van der Waals surface area contributed by atoms with Gasteiger partial charge in [0.1, 0.15) is 13.1 Å². The second kappa shape index (κ2) is 4.82. The number of nitrogens with zero attached hydrogens (tertiary/aromatic N) is 1. The van der Waals surface area contributed by atoms with Gasteiger partial charge in [-0.3, -0.25) is 4.79 Å². The maximum absolute atomic E-state index is 10.7. The first-order valence-electron chi connectivity index (χ1n) is 3.99. The molecule has 0 saturated carbocycles. The summed E-state index contributed by atoms with van der Waals surface area (Å²) < 4.78 is 0.636. The highest BCUT2D eigenvalue weighted by molar-refractivity contribution is 6.33. The van der Waals surface area contributed by atoms with Gasteiger partial charge in [0.15, 0.2) is 6.29 Å². The van der Waals surface area contributed by atoms with Crippen molar-refractivity contribution in [2.75, 3.05) is 27.2 Å². The number of hydrogen-bond donors (Lipinski definition) is 1. The predicted molar refractivity (Wildman–Crippen MR) is 51.5 cm³/mol. The van der Waals surface area contributed by atoms with Crippen LogP contribution >= 0.6 is 11.6 Å². The largest absolute Gasteiger partial charge is 1.00 e. The molecule has 0 aliphatic carbocycles. The molecule has 1 heterocycles. The SMILES string of the molecule is C[N+]1(C)CC(C=O)=C(Cl)/C(=C/O)C1.[Cl-]. The van der Waals surface area contributed by atoms with Crippen molar-refractivity contribution < 1.29 is 26.8 Å². The zero-order chi connectivity index (χ0) is 10.1. The summed E-state index contributed by atoms with van der Waals surface area (Å²) in [6, 6.07) is 0. The highest BCUT2D eigenvalue weighted by Crippen LogP contribution is 2.27. The third-order valence-corrected chi connectivity index (χ3v) is 2.54. The summed E-state index contributed by atoms with van der Waals surface area (Å²) >= 11 is 5.89.